The molecule has 1 heterocycles. The Morgan fingerprint density at radius 3 is 2.76 bits per heavy atom. The van der Waals surface area contributed by atoms with Crippen molar-refractivity contribution in [2.75, 3.05) is 11.5 Å². The van der Waals surface area contributed by atoms with Gasteiger partial charge < -0.3 is 10.4 Å². The lowest BCUT2D eigenvalue weighted by atomic mass is 9.99. The van der Waals surface area contributed by atoms with E-state index in [1.807, 2.05) is 18.2 Å². The minimum Gasteiger partial charge on any atom is -0.479 e. The van der Waals surface area contributed by atoms with Crippen LogP contribution in [0.5, 0.6) is 0 Å². The number of thioether (sulfide) groups is 2. The number of nitrogens with one attached hydrogen (secondary N) is 1. The zero-order valence-electron chi connectivity index (χ0n) is 11.5. The van der Waals surface area contributed by atoms with Gasteiger partial charge in [0.2, 0.25) is 5.91 Å². The van der Waals surface area contributed by atoms with Gasteiger partial charge in [-0.15, -0.1) is 11.8 Å². The quantitative estimate of drug-likeness (QED) is 0.803. The number of rotatable bonds is 5. The normalized spacial score (nSPS) is 22.8. The molecule has 1 aliphatic rings. The van der Waals surface area contributed by atoms with Crippen LogP contribution >= 0.6 is 35.1 Å². The van der Waals surface area contributed by atoms with Gasteiger partial charge >= 0.3 is 5.97 Å². The number of aliphatic carboxylic acids is 1. The van der Waals surface area contributed by atoms with Gasteiger partial charge in [-0.1, -0.05) is 23.7 Å². The van der Waals surface area contributed by atoms with Gasteiger partial charge in [-0.3, -0.25) is 4.79 Å². The highest BCUT2D eigenvalue weighted by molar-refractivity contribution is 8.00. The highest BCUT2D eigenvalue weighted by Gasteiger charge is 2.43. The van der Waals surface area contributed by atoms with E-state index in [0.717, 1.165) is 10.6 Å². The number of carboxylic acids is 1. The molecule has 1 amide bonds. The minimum atomic E-state index is -1.13. The molecule has 21 heavy (non-hydrogen) atoms. The lowest BCUT2D eigenvalue weighted by Crippen LogP contribution is -2.56. The third kappa shape index (κ3) is 3.87. The van der Waals surface area contributed by atoms with Crippen molar-refractivity contribution < 1.29 is 14.7 Å². The number of carboxylic acid groups (broad SMARTS) is 1. The first-order valence-electron chi connectivity index (χ1n) is 6.49. The Kier molecular flexibility index (Phi) is 5.46. The van der Waals surface area contributed by atoms with Crippen molar-refractivity contribution in [3.05, 3.63) is 29.3 Å². The average molecular weight is 346 g/mol. The van der Waals surface area contributed by atoms with E-state index in [4.69, 9.17) is 11.6 Å². The molecule has 2 unspecified atom stereocenters. The maximum atomic E-state index is 12.3. The van der Waals surface area contributed by atoms with Crippen molar-refractivity contribution in [1.82, 2.24) is 5.32 Å². The summed E-state index contributed by atoms with van der Waals surface area (Å²) in [4.78, 5) is 24.5. The predicted molar refractivity (Wildman–Crippen MR) is 87.2 cm³/mol. The van der Waals surface area contributed by atoms with Crippen molar-refractivity contribution >= 4 is 47.0 Å². The zero-order chi connectivity index (χ0) is 15.5. The third-order valence-electron chi connectivity index (χ3n) is 3.30. The van der Waals surface area contributed by atoms with Crippen LogP contribution in [0.2, 0.25) is 5.02 Å². The second kappa shape index (κ2) is 6.94. The molecule has 7 heteroatoms. The molecule has 1 aliphatic heterocycles. The monoisotopic (exact) mass is 345 g/mol. The molecule has 0 radical (unpaired) electrons. The van der Waals surface area contributed by atoms with Crippen molar-refractivity contribution in [3.8, 4) is 0 Å². The second-order valence-corrected chi connectivity index (χ2v) is 7.76. The van der Waals surface area contributed by atoms with Gasteiger partial charge in [-0.2, -0.15) is 11.8 Å². The smallest absolute Gasteiger partial charge is 0.330 e. The minimum absolute atomic E-state index is 0.273. The summed E-state index contributed by atoms with van der Waals surface area (Å²) in [6.45, 7) is 1.75. The molecule has 0 aliphatic carbocycles. The summed E-state index contributed by atoms with van der Waals surface area (Å²) in [5.74, 6) is -0.0727. The number of hydrogen-bond donors (Lipinski definition) is 2. The van der Waals surface area contributed by atoms with Crippen molar-refractivity contribution in [3.63, 3.8) is 0 Å². The Balaban J connectivity index is 2.03. The Bertz CT molecular complexity index is 547. The molecule has 1 fully saturated rings. The van der Waals surface area contributed by atoms with Gasteiger partial charge in [0, 0.05) is 10.6 Å². The number of benzene rings is 1. The van der Waals surface area contributed by atoms with Crippen LogP contribution in [0.1, 0.15) is 13.3 Å². The largest absolute Gasteiger partial charge is 0.479 e. The summed E-state index contributed by atoms with van der Waals surface area (Å²) in [6, 6.07) is 7.29. The fourth-order valence-corrected chi connectivity index (χ4v) is 4.49. The van der Waals surface area contributed by atoms with Crippen LogP contribution in [0.4, 0.5) is 0 Å². The van der Waals surface area contributed by atoms with E-state index in [0.29, 0.717) is 17.2 Å². The Hall–Kier alpha value is -0.850. The van der Waals surface area contributed by atoms with Gasteiger partial charge in [-0.25, -0.2) is 4.79 Å². The molecule has 2 rings (SSSR count). The first kappa shape index (κ1) is 16.5. The number of carbonyl (C=O) groups excluding carboxylic acids is 1. The van der Waals surface area contributed by atoms with E-state index < -0.39 is 16.8 Å². The highest BCUT2D eigenvalue weighted by Crippen LogP contribution is 2.32. The Morgan fingerprint density at radius 1 is 1.48 bits per heavy atom. The maximum absolute atomic E-state index is 12.3. The van der Waals surface area contributed by atoms with Crippen LogP contribution in [0.25, 0.3) is 0 Å². The van der Waals surface area contributed by atoms with Crippen LogP contribution in [0, 0.1) is 0 Å². The summed E-state index contributed by atoms with van der Waals surface area (Å²) >= 11 is 8.95. The fourth-order valence-electron chi connectivity index (χ4n) is 2.01. The molecular weight excluding hydrogens is 330 g/mol. The van der Waals surface area contributed by atoms with Crippen molar-refractivity contribution in [2.45, 2.75) is 29.0 Å². The van der Waals surface area contributed by atoms with E-state index >= 15 is 0 Å². The molecule has 1 aromatic carbocycles. The van der Waals surface area contributed by atoms with Gasteiger partial charge in [-0.05, 0) is 31.2 Å². The molecular formula is C14H16ClNO3S2. The highest BCUT2D eigenvalue weighted by atomic mass is 35.5. The molecule has 0 saturated carbocycles. The third-order valence-corrected chi connectivity index (χ3v) is 6.11. The van der Waals surface area contributed by atoms with Crippen LogP contribution in [0.3, 0.4) is 0 Å². The molecule has 2 N–H and O–H groups in total. The van der Waals surface area contributed by atoms with Gasteiger partial charge in [0.15, 0.2) is 0 Å². The van der Waals surface area contributed by atoms with Gasteiger partial charge in [0.25, 0.3) is 0 Å². The lowest BCUT2D eigenvalue weighted by molar-refractivity contribution is -0.146. The summed E-state index contributed by atoms with van der Waals surface area (Å²) in [6.07, 6.45) is 0.461. The van der Waals surface area contributed by atoms with E-state index in [-0.39, 0.29) is 5.91 Å². The molecule has 2 atom stereocenters. The van der Waals surface area contributed by atoms with Gasteiger partial charge in [0.05, 0.1) is 10.3 Å². The van der Waals surface area contributed by atoms with Crippen LogP contribution in [-0.4, -0.2) is 39.3 Å². The SMILES string of the molecule is CC(Sc1ccccc1Cl)C(=O)NC1(C(=O)O)CCSC1. The van der Waals surface area contributed by atoms with E-state index in [1.165, 1.54) is 11.8 Å². The predicted octanol–water partition coefficient (Wildman–Crippen LogP) is 2.90. The number of amides is 1. The molecule has 4 nitrogen and oxygen atoms in total. The first-order chi connectivity index (χ1) is 9.94. The summed E-state index contributed by atoms with van der Waals surface area (Å²) in [5, 5.41) is 12.3. The maximum Gasteiger partial charge on any atom is 0.330 e. The van der Waals surface area contributed by atoms with E-state index in [9.17, 15) is 14.7 Å². The summed E-state index contributed by atoms with van der Waals surface area (Å²) in [5.41, 5.74) is -1.13. The Labute approximate surface area is 137 Å². The molecule has 0 aromatic heterocycles. The molecule has 0 spiro atoms. The lowest BCUT2D eigenvalue weighted by Gasteiger charge is -2.26. The topological polar surface area (TPSA) is 66.4 Å². The molecule has 0 bridgehead atoms. The fraction of sp³-hybridized carbons (Fsp3) is 0.429. The van der Waals surface area contributed by atoms with E-state index in [1.54, 1.807) is 24.8 Å². The van der Waals surface area contributed by atoms with Crippen LogP contribution in [0.15, 0.2) is 29.2 Å². The van der Waals surface area contributed by atoms with Crippen molar-refractivity contribution in [1.29, 1.82) is 0 Å². The second-order valence-electron chi connectivity index (χ2n) is 4.87. The van der Waals surface area contributed by atoms with E-state index in [2.05, 4.69) is 5.32 Å². The van der Waals surface area contributed by atoms with Crippen molar-refractivity contribution in [2.24, 2.45) is 0 Å². The zero-order valence-corrected chi connectivity index (χ0v) is 13.9. The van der Waals surface area contributed by atoms with Gasteiger partial charge in [0.1, 0.15) is 5.54 Å². The first-order valence-corrected chi connectivity index (χ1v) is 8.90. The summed E-state index contributed by atoms with van der Waals surface area (Å²) in [7, 11) is 0. The molecule has 1 aromatic rings. The molecule has 1 saturated heterocycles. The average Bonchev–Trinajstić information content (AvgIpc) is 2.91. The van der Waals surface area contributed by atoms with Crippen LogP contribution < -0.4 is 5.32 Å². The number of halogens is 1. The standard InChI is InChI=1S/C14H16ClNO3S2/c1-9(21-11-5-3-2-4-10(11)15)12(17)16-14(13(18)19)6-7-20-8-14/h2-5,9H,6-8H2,1H3,(H,16,17)(H,18,19). The molecule has 114 valence electrons. The van der Waals surface area contributed by atoms with Crippen LogP contribution in [-0.2, 0) is 9.59 Å². The summed E-state index contributed by atoms with van der Waals surface area (Å²) < 4.78 is 0. The number of hydrogen-bond acceptors (Lipinski definition) is 4. The Morgan fingerprint density at radius 2 is 2.19 bits per heavy atom. The number of carbonyl (C=O) groups is 2.